The van der Waals surface area contributed by atoms with E-state index in [2.05, 4.69) is 87.5 Å². The molecule has 1 heterocycles. The van der Waals surface area contributed by atoms with Crippen LogP contribution in [0.4, 0.5) is 0 Å². The number of amides is 1. The summed E-state index contributed by atoms with van der Waals surface area (Å²) in [5.41, 5.74) is 3.80. The maximum Gasteiger partial charge on any atom is 0.240 e. The van der Waals surface area contributed by atoms with E-state index in [9.17, 15) is 4.79 Å². The Morgan fingerprint density at radius 2 is 1.22 bits per heavy atom. The van der Waals surface area contributed by atoms with Crippen LogP contribution in [-0.2, 0) is 11.2 Å². The summed E-state index contributed by atoms with van der Waals surface area (Å²) in [5.74, 6) is 0.231. The molecule has 0 spiro atoms. The minimum Gasteiger partial charge on any atom is -0.339 e. The highest BCUT2D eigenvalue weighted by atomic mass is 16.2. The van der Waals surface area contributed by atoms with E-state index < -0.39 is 0 Å². The number of benzene rings is 3. The highest BCUT2D eigenvalue weighted by Crippen LogP contribution is 2.29. The predicted molar refractivity (Wildman–Crippen MR) is 131 cm³/mol. The van der Waals surface area contributed by atoms with E-state index in [1.54, 1.807) is 0 Å². The van der Waals surface area contributed by atoms with Gasteiger partial charge in [-0.25, -0.2) is 0 Å². The third kappa shape index (κ3) is 5.26. The average Bonchev–Trinajstić information content (AvgIpc) is 2.85. The van der Waals surface area contributed by atoms with Gasteiger partial charge in [-0.05, 0) is 37.2 Å². The first kappa shape index (κ1) is 22.3. The predicted octanol–water partition coefficient (Wildman–Crippen LogP) is 4.09. The van der Waals surface area contributed by atoms with E-state index >= 15 is 0 Å². The minimum absolute atomic E-state index is 0.136. The van der Waals surface area contributed by atoms with Crippen molar-refractivity contribution in [1.29, 1.82) is 0 Å². The molecule has 0 N–H and O–H groups in total. The molecule has 32 heavy (non-hydrogen) atoms. The summed E-state index contributed by atoms with van der Waals surface area (Å²) in [4.78, 5) is 20.0. The molecule has 0 aliphatic carbocycles. The van der Waals surface area contributed by atoms with Crippen molar-refractivity contribution in [2.45, 2.75) is 18.5 Å². The van der Waals surface area contributed by atoms with Crippen molar-refractivity contribution in [2.75, 3.05) is 40.3 Å². The molecule has 1 atom stereocenters. The van der Waals surface area contributed by atoms with Gasteiger partial charge in [0.05, 0.1) is 12.1 Å². The Bertz CT molecular complexity index is 928. The van der Waals surface area contributed by atoms with Crippen molar-refractivity contribution in [3.63, 3.8) is 0 Å². The van der Waals surface area contributed by atoms with Crippen LogP contribution in [0.25, 0.3) is 0 Å². The Morgan fingerprint density at radius 3 is 1.69 bits per heavy atom. The summed E-state index contributed by atoms with van der Waals surface area (Å²) in [7, 11) is 4.01. The van der Waals surface area contributed by atoms with Gasteiger partial charge in [0.2, 0.25) is 5.91 Å². The highest BCUT2D eigenvalue weighted by molar-refractivity contribution is 5.82. The molecule has 1 amide bonds. The first-order valence-electron chi connectivity index (χ1n) is 11.5. The van der Waals surface area contributed by atoms with E-state index in [-0.39, 0.29) is 18.0 Å². The molecule has 3 aromatic carbocycles. The Morgan fingerprint density at radius 1 is 0.750 bits per heavy atom. The fourth-order valence-electron chi connectivity index (χ4n) is 4.62. The fourth-order valence-corrected chi connectivity index (χ4v) is 4.62. The second kappa shape index (κ2) is 10.6. The zero-order valence-corrected chi connectivity index (χ0v) is 19.1. The summed E-state index contributed by atoms with van der Waals surface area (Å²) >= 11 is 0. The molecule has 1 fully saturated rings. The maximum absolute atomic E-state index is 13.4. The third-order valence-corrected chi connectivity index (χ3v) is 6.40. The van der Waals surface area contributed by atoms with Gasteiger partial charge in [0.25, 0.3) is 0 Å². The zero-order valence-electron chi connectivity index (χ0n) is 19.1. The van der Waals surface area contributed by atoms with Crippen molar-refractivity contribution in [2.24, 2.45) is 0 Å². The van der Waals surface area contributed by atoms with E-state index in [0.717, 1.165) is 32.6 Å². The molecule has 166 valence electrons. The molecule has 0 saturated carbocycles. The van der Waals surface area contributed by atoms with Gasteiger partial charge in [-0.1, -0.05) is 91.0 Å². The van der Waals surface area contributed by atoms with Crippen LogP contribution in [-0.4, -0.2) is 66.9 Å². The fraction of sp³-hybridized carbons (Fsp3) is 0.321. The van der Waals surface area contributed by atoms with E-state index in [4.69, 9.17) is 0 Å². The lowest BCUT2D eigenvalue weighted by Crippen LogP contribution is -2.55. The minimum atomic E-state index is -0.136. The SMILES string of the molecule is CN(C)[C@@H](Cc1ccccc1)C(=O)N1CCN(C(c2ccccc2)c2ccccc2)CC1. The monoisotopic (exact) mass is 427 g/mol. The largest absolute Gasteiger partial charge is 0.339 e. The number of hydrogen-bond acceptors (Lipinski definition) is 3. The van der Waals surface area contributed by atoms with Gasteiger partial charge in [0.1, 0.15) is 0 Å². The Labute approximate surface area is 192 Å². The standard InChI is InChI=1S/C28H33N3O/c1-29(2)26(22-23-12-6-3-7-13-23)28(32)31-20-18-30(19-21-31)27(24-14-8-4-9-15-24)25-16-10-5-11-17-25/h3-17,26-27H,18-22H2,1-2H3/t26-/m0/s1. The molecule has 0 bridgehead atoms. The highest BCUT2D eigenvalue weighted by Gasteiger charge is 2.31. The number of piperazine rings is 1. The number of hydrogen-bond donors (Lipinski definition) is 0. The Balaban J connectivity index is 1.46. The van der Waals surface area contributed by atoms with Gasteiger partial charge in [0.15, 0.2) is 0 Å². The van der Waals surface area contributed by atoms with E-state index in [1.165, 1.54) is 16.7 Å². The molecule has 4 heteroatoms. The molecular formula is C28H33N3O. The van der Waals surface area contributed by atoms with Crippen LogP contribution in [0.15, 0.2) is 91.0 Å². The molecule has 4 rings (SSSR count). The summed E-state index contributed by atoms with van der Waals surface area (Å²) in [6.07, 6.45) is 0.740. The smallest absolute Gasteiger partial charge is 0.240 e. The summed E-state index contributed by atoms with van der Waals surface area (Å²) in [6, 6.07) is 31.8. The van der Waals surface area contributed by atoms with Gasteiger partial charge < -0.3 is 4.90 Å². The summed E-state index contributed by atoms with van der Waals surface area (Å²) in [6.45, 7) is 3.25. The van der Waals surface area contributed by atoms with Gasteiger partial charge >= 0.3 is 0 Å². The molecule has 1 saturated heterocycles. The van der Waals surface area contributed by atoms with Crippen LogP contribution < -0.4 is 0 Å². The molecule has 1 aliphatic rings. The van der Waals surface area contributed by atoms with Crippen LogP contribution in [0.5, 0.6) is 0 Å². The van der Waals surface area contributed by atoms with Crippen LogP contribution in [0, 0.1) is 0 Å². The number of carbonyl (C=O) groups is 1. The molecule has 0 radical (unpaired) electrons. The number of carbonyl (C=O) groups excluding carboxylic acids is 1. The van der Waals surface area contributed by atoms with Crippen LogP contribution in [0.1, 0.15) is 22.7 Å². The zero-order chi connectivity index (χ0) is 22.3. The van der Waals surface area contributed by atoms with Gasteiger partial charge in [0, 0.05) is 26.2 Å². The lowest BCUT2D eigenvalue weighted by molar-refractivity contribution is -0.138. The molecule has 0 aromatic heterocycles. The second-order valence-electron chi connectivity index (χ2n) is 8.75. The quantitative estimate of drug-likeness (QED) is 0.568. The van der Waals surface area contributed by atoms with Crippen molar-refractivity contribution < 1.29 is 4.79 Å². The lowest BCUT2D eigenvalue weighted by atomic mass is 9.96. The number of nitrogens with zero attached hydrogens (tertiary/aromatic N) is 3. The van der Waals surface area contributed by atoms with Crippen LogP contribution >= 0.6 is 0 Å². The first-order chi connectivity index (χ1) is 15.6. The van der Waals surface area contributed by atoms with Crippen LogP contribution in [0.3, 0.4) is 0 Å². The maximum atomic E-state index is 13.4. The van der Waals surface area contributed by atoms with Gasteiger partial charge in [-0.2, -0.15) is 0 Å². The average molecular weight is 428 g/mol. The topological polar surface area (TPSA) is 26.8 Å². The first-order valence-corrected chi connectivity index (χ1v) is 11.5. The van der Waals surface area contributed by atoms with Gasteiger partial charge in [-0.3, -0.25) is 14.6 Å². The molecular weight excluding hydrogens is 394 g/mol. The summed E-state index contributed by atoms with van der Waals surface area (Å²) < 4.78 is 0. The number of rotatable bonds is 7. The van der Waals surface area contributed by atoms with E-state index in [0.29, 0.717) is 0 Å². The second-order valence-corrected chi connectivity index (χ2v) is 8.75. The number of likely N-dealkylation sites (N-methyl/N-ethyl adjacent to an activating group) is 1. The molecule has 4 nitrogen and oxygen atoms in total. The van der Waals surface area contributed by atoms with Crippen molar-refractivity contribution in [3.8, 4) is 0 Å². The third-order valence-electron chi connectivity index (χ3n) is 6.40. The van der Waals surface area contributed by atoms with Crippen molar-refractivity contribution >= 4 is 5.91 Å². The van der Waals surface area contributed by atoms with E-state index in [1.807, 2.05) is 32.3 Å². The summed E-state index contributed by atoms with van der Waals surface area (Å²) in [5, 5.41) is 0. The Hall–Kier alpha value is -2.95. The molecule has 3 aromatic rings. The normalized spacial score (nSPS) is 15.8. The lowest BCUT2D eigenvalue weighted by Gasteiger charge is -2.41. The Kier molecular flexibility index (Phi) is 7.35. The van der Waals surface area contributed by atoms with Gasteiger partial charge in [-0.15, -0.1) is 0 Å². The molecule has 0 unspecified atom stereocenters. The van der Waals surface area contributed by atoms with Crippen molar-refractivity contribution in [1.82, 2.24) is 14.7 Å². The molecule has 1 aliphatic heterocycles. The van der Waals surface area contributed by atoms with Crippen LogP contribution in [0.2, 0.25) is 0 Å². The van der Waals surface area contributed by atoms with Crippen molar-refractivity contribution in [3.05, 3.63) is 108 Å².